The van der Waals surface area contributed by atoms with Crippen LogP contribution in [0.3, 0.4) is 0 Å². The largest absolute Gasteiger partial charge is 0.399 e. The van der Waals surface area contributed by atoms with Gasteiger partial charge in [-0.25, -0.2) is 0 Å². The summed E-state index contributed by atoms with van der Waals surface area (Å²) in [6, 6.07) is 7.75. The summed E-state index contributed by atoms with van der Waals surface area (Å²) in [7, 11) is 0. The number of ether oxygens (including phenoxy) is 2. The van der Waals surface area contributed by atoms with Crippen molar-refractivity contribution >= 4 is 5.69 Å². The van der Waals surface area contributed by atoms with Gasteiger partial charge in [0.15, 0.2) is 0 Å². The van der Waals surface area contributed by atoms with Crippen LogP contribution in [0.1, 0.15) is 5.56 Å². The summed E-state index contributed by atoms with van der Waals surface area (Å²) < 4.78 is 11.1. The van der Waals surface area contributed by atoms with Crippen molar-refractivity contribution in [3.05, 3.63) is 29.8 Å². The molecule has 1 unspecified atom stereocenters. The van der Waals surface area contributed by atoms with Gasteiger partial charge in [-0.2, -0.15) is 0 Å². The molecule has 0 aromatic heterocycles. The van der Waals surface area contributed by atoms with E-state index in [1.165, 1.54) is 0 Å². The Morgan fingerprint density at radius 2 is 2.44 bits per heavy atom. The molecule has 3 N–H and O–H groups in total. The van der Waals surface area contributed by atoms with Gasteiger partial charge in [0.25, 0.3) is 0 Å². The Balaban J connectivity index is 1.71. The molecule has 0 aliphatic carbocycles. The normalized spacial score (nSPS) is 20.9. The Bertz CT molecular complexity index is 325. The number of anilines is 1. The maximum atomic E-state index is 5.68. The van der Waals surface area contributed by atoms with Crippen LogP contribution in [0.2, 0.25) is 0 Å². The predicted molar refractivity (Wildman–Crippen MR) is 63.1 cm³/mol. The second-order valence-corrected chi connectivity index (χ2v) is 3.96. The summed E-state index contributed by atoms with van der Waals surface area (Å²) in [4.78, 5) is 0. The highest BCUT2D eigenvalue weighted by molar-refractivity contribution is 5.40. The minimum Gasteiger partial charge on any atom is -0.399 e. The number of nitrogens with two attached hydrogens (primary N) is 1. The van der Waals surface area contributed by atoms with Crippen LogP contribution in [0.5, 0.6) is 0 Å². The summed E-state index contributed by atoms with van der Waals surface area (Å²) >= 11 is 0. The van der Waals surface area contributed by atoms with Crippen molar-refractivity contribution in [1.29, 1.82) is 0 Å². The first kappa shape index (κ1) is 11.4. The van der Waals surface area contributed by atoms with Crippen LogP contribution in [0, 0.1) is 0 Å². The monoisotopic (exact) mass is 222 g/mol. The van der Waals surface area contributed by atoms with Crippen molar-refractivity contribution in [2.24, 2.45) is 0 Å². The SMILES string of the molecule is Nc1cccc(COCC2CNCCO2)c1. The lowest BCUT2D eigenvalue weighted by Crippen LogP contribution is -2.40. The zero-order valence-electron chi connectivity index (χ0n) is 9.32. The highest BCUT2D eigenvalue weighted by Gasteiger charge is 2.12. The van der Waals surface area contributed by atoms with Crippen molar-refractivity contribution in [2.45, 2.75) is 12.7 Å². The Morgan fingerprint density at radius 3 is 3.19 bits per heavy atom. The molecule has 0 saturated carbocycles. The van der Waals surface area contributed by atoms with Gasteiger partial charge in [0.2, 0.25) is 0 Å². The van der Waals surface area contributed by atoms with E-state index in [-0.39, 0.29) is 6.10 Å². The van der Waals surface area contributed by atoms with Crippen molar-refractivity contribution in [3.8, 4) is 0 Å². The lowest BCUT2D eigenvalue weighted by Gasteiger charge is -2.23. The van der Waals surface area contributed by atoms with Crippen LogP contribution in [0.4, 0.5) is 5.69 Å². The van der Waals surface area contributed by atoms with Crippen LogP contribution in [-0.4, -0.2) is 32.4 Å². The van der Waals surface area contributed by atoms with Crippen LogP contribution in [0.25, 0.3) is 0 Å². The third-order valence-corrected chi connectivity index (χ3v) is 2.53. The molecule has 1 aliphatic heterocycles. The van der Waals surface area contributed by atoms with E-state index in [1.807, 2.05) is 24.3 Å². The first-order valence-electron chi connectivity index (χ1n) is 5.59. The molecule has 0 spiro atoms. The first-order valence-corrected chi connectivity index (χ1v) is 5.59. The first-order chi connectivity index (χ1) is 7.84. The van der Waals surface area contributed by atoms with Gasteiger partial charge in [-0.15, -0.1) is 0 Å². The molecule has 2 rings (SSSR count). The number of hydrogen-bond acceptors (Lipinski definition) is 4. The van der Waals surface area contributed by atoms with Gasteiger partial charge in [-0.3, -0.25) is 0 Å². The van der Waals surface area contributed by atoms with E-state index < -0.39 is 0 Å². The smallest absolute Gasteiger partial charge is 0.0933 e. The van der Waals surface area contributed by atoms with Gasteiger partial charge in [-0.1, -0.05) is 12.1 Å². The third-order valence-electron chi connectivity index (χ3n) is 2.53. The number of benzene rings is 1. The van der Waals surface area contributed by atoms with Crippen LogP contribution in [-0.2, 0) is 16.1 Å². The van der Waals surface area contributed by atoms with Crippen molar-refractivity contribution in [3.63, 3.8) is 0 Å². The number of morpholine rings is 1. The fourth-order valence-electron chi connectivity index (χ4n) is 1.72. The molecule has 1 fully saturated rings. The topological polar surface area (TPSA) is 56.5 Å². The van der Waals surface area contributed by atoms with Crippen LogP contribution < -0.4 is 11.1 Å². The van der Waals surface area contributed by atoms with Gasteiger partial charge in [0.1, 0.15) is 0 Å². The standard InChI is InChI=1S/C12H18N2O2/c13-11-3-1-2-10(6-11)8-15-9-12-7-14-4-5-16-12/h1-3,6,12,14H,4-5,7-9,13H2. The van der Waals surface area contributed by atoms with Crippen molar-refractivity contribution in [1.82, 2.24) is 5.32 Å². The lowest BCUT2D eigenvalue weighted by molar-refractivity contribution is -0.0357. The van der Waals surface area contributed by atoms with E-state index in [0.29, 0.717) is 13.2 Å². The Hall–Kier alpha value is -1.10. The van der Waals surface area contributed by atoms with Crippen molar-refractivity contribution in [2.75, 3.05) is 32.0 Å². The van der Waals surface area contributed by atoms with Gasteiger partial charge in [-0.05, 0) is 17.7 Å². The molecule has 0 bridgehead atoms. The predicted octanol–water partition coefficient (Wildman–Crippen LogP) is 0.774. The summed E-state index contributed by atoms with van der Waals surface area (Å²) in [5.74, 6) is 0. The Kier molecular flexibility index (Phi) is 4.16. The van der Waals surface area contributed by atoms with Gasteiger partial charge < -0.3 is 20.5 Å². The Morgan fingerprint density at radius 1 is 1.50 bits per heavy atom. The number of rotatable bonds is 4. The van der Waals surface area contributed by atoms with Gasteiger partial charge in [0.05, 0.1) is 25.9 Å². The average Bonchev–Trinajstić information content (AvgIpc) is 2.30. The Labute approximate surface area is 95.7 Å². The molecule has 1 aromatic rings. The maximum Gasteiger partial charge on any atom is 0.0933 e. The zero-order chi connectivity index (χ0) is 11.2. The van der Waals surface area contributed by atoms with Crippen LogP contribution >= 0.6 is 0 Å². The highest BCUT2D eigenvalue weighted by atomic mass is 16.5. The zero-order valence-corrected chi connectivity index (χ0v) is 9.32. The van der Waals surface area contributed by atoms with Crippen LogP contribution in [0.15, 0.2) is 24.3 Å². The second-order valence-electron chi connectivity index (χ2n) is 3.96. The number of nitrogen functional groups attached to an aromatic ring is 1. The second kappa shape index (κ2) is 5.84. The third kappa shape index (κ3) is 3.48. The van der Waals surface area contributed by atoms with E-state index in [0.717, 1.165) is 30.9 Å². The van der Waals surface area contributed by atoms with E-state index in [4.69, 9.17) is 15.2 Å². The molecule has 1 saturated heterocycles. The fourth-order valence-corrected chi connectivity index (χ4v) is 1.72. The molecule has 16 heavy (non-hydrogen) atoms. The quantitative estimate of drug-likeness (QED) is 0.739. The minimum absolute atomic E-state index is 0.176. The molecule has 1 aliphatic rings. The fraction of sp³-hybridized carbons (Fsp3) is 0.500. The minimum atomic E-state index is 0.176. The summed E-state index contributed by atoms with van der Waals surface area (Å²) in [6.07, 6.45) is 0.176. The molecule has 0 amide bonds. The highest BCUT2D eigenvalue weighted by Crippen LogP contribution is 2.08. The number of nitrogens with one attached hydrogen (secondary N) is 1. The van der Waals surface area contributed by atoms with Gasteiger partial charge in [0, 0.05) is 18.8 Å². The van der Waals surface area contributed by atoms with E-state index >= 15 is 0 Å². The molecule has 1 aromatic carbocycles. The molecule has 4 nitrogen and oxygen atoms in total. The summed E-state index contributed by atoms with van der Waals surface area (Å²) in [5.41, 5.74) is 7.56. The molecular weight excluding hydrogens is 204 g/mol. The lowest BCUT2D eigenvalue weighted by atomic mass is 10.2. The molecule has 0 radical (unpaired) electrons. The summed E-state index contributed by atoms with van der Waals surface area (Å²) in [6.45, 7) is 3.79. The molecule has 1 heterocycles. The summed E-state index contributed by atoms with van der Waals surface area (Å²) in [5, 5.41) is 3.27. The van der Waals surface area contributed by atoms with E-state index in [2.05, 4.69) is 5.32 Å². The maximum absolute atomic E-state index is 5.68. The molecular formula is C12H18N2O2. The van der Waals surface area contributed by atoms with Gasteiger partial charge >= 0.3 is 0 Å². The van der Waals surface area contributed by atoms with E-state index in [1.54, 1.807) is 0 Å². The average molecular weight is 222 g/mol. The molecule has 4 heteroatoms. The van der Waals surface area contributed by atoms with E-state index in [9.17, 15) is 0 Å². The molecule has 88 valence electrons. The number of hydrogen-bond donors (Lipinski definition) is 2. The molecule has 1 atom stereocenters. The van der Waals surface area contributed by atoms with Crippen molar-refractivity contribution < 1.29 is 9.47 Å².